The summed E-state index contributed by atoms with van der Waals surface area (Å²) in [6.45, 7) is 4.30. The topological polar surface area (TPSA) is 52.9 Å². The molecular weight excluding hydrogens is 304 g/mol. The Kier molecular flexibility index (Phi) is 6.02. The molecule has 0 heterocycles. The van der Waals surface area contributed by atoms with Crippen molar-refractivity contribution in [2.75, 3.05) is 5.32 Å². The van der Waals surface area contributed by atoms with E-state index >= 15 is 0 Å². The molecule has 0 atom stereocenters. The van der Waals surface area contributed by atoms with Crippen molar-refractivity contribution in [1.82, 2.24) is 0 Å². The van der Waals surface area contributed by atoms with Crippen LogP contribution in [0.2, 0.25) is 0 Å². The lowest BCUT2D eigenvalue weighted by Crippen LogP contribution is -2.07. The number of nitrogens with zero attached hydrogens (tertiary/aromatic N) is 1. The summed E-state index contributed by atoms with van der Waals surface area (Å²) in [5.74, 6) is 0.317. The molecule has 4 heteroatoms. The minimum atomic E-state index is -0.182. The predicted octanol–water partition coefficient (Wildman–Crippen LogP) is 5.04. The maximum Gasteiger partial charge on any atom is 0.248 e. The van der Waals surface area contributed by atoms with Crippen LogP contribution in [0.1, 0.15) is 30.9 Å². The monoisotopic (exact) mass is 322 g/mol. The molecule has 3 nitrogen and oxygen atoms in total. The molecule has 2 aromatic carbocycles. The number of amides is 1. The molecule has 23 heavy (non-hydrogen) atoms. The van der Waals surface area contributed by atoms with Gasteiger partial charge in [-0.2, -0.15) is 5.26 Å². The smallest absolute Gasteiger partial charge is 0.248 e. The number of thioether (sulfide) groups is 1. The number of hydrogen-bond donors (Lipinski definition) is 1. The first-order chi connectivity index (χ1) is 11.1. The largest absolute Gasteiger partial charge is 0.323 e. The van der Waals surface area contributed by atoms with Crippen LogP contribution in [0, 0.1) is 10.7 Å². The van der Waals surface area contributed by atoms with Crippen molar-refractivity contribution in [3.05, 3.63) is 65.7 Å². The van der Waals surface area contributed by atoms with Gasteiger partial charge in [-0.05, 0) is 59.1 Å². The fourth-order valence-electron chi connectivity index (χ4n) is 2.01. The average molecular weight is 322 g/mol. The van der Waals surface area contributed by atoms with Gasteiger partial charge < -0.3 is 5.32 Å². The third-order valence-electron chi connectivity index (χ3n) is 3.32. The van der Waals surface area contributed by atoms with Gasteiger partial charge in [0.1, 0.15) is 5.40 Å². The highest BCUT2D eigenvalue weighted by Crippen LogP contribution is 2.19. The fourth-order valence-corrected chi connectivity index (χ4v) is 2.38. The van der Waals surface area contributed by atoms with E-state index in [4.69, 9.17) is 5.26 Å². The van der Waals surface area contributed by atoms with Gasteiger partial charge in [-0.15, -0.1) is 0 Å². The zero-order valence-electron chi connectivity index (χ0n) is 13.1. The first-order valence-corrected chi connectivity index (χ1v) is 8.15. The summed E-state index contributed by atoms with van der Waals surface area (Å²) in [7, 11) is 0. The number of carbonyl (C=O) groups excluding carboxylic acids is 1. The van der Waals surface area contributed by atoms with E-state index in [1.54, 1.807) is 30.3 Å². The number of benzene rings is 2. The number of nitriles is 1. The van der Waals surface area contributed by atoms with Crippen molar-refractivity contribution in [3.63, 3.8) is 0 Å². The Morgan fingerprint density at radius 2 is 1.78 bits per heavy atom. The summed E-state index contributed by atoms with van der Waals surface area (Å²) < 4.78 is 0. The first-order valence-electron chi connectivity index (χ1n) is 7.33. The Morgan fingerprint density at radius 1 is 1.13 bits per heavy atom. The molecule has 0 aliphatic rings. The number of nitrogens with one attached hydrogen (secondary N) is 1. The number of hydrogen-bond acceptors (Lipinski definition) is 3. The third kappa shape index (κ3) is 5.32. The first kappa shape index (κ1) is 16.9. The Labute approximate surface area is 141 Å². The summed E-state index contributed by atoms with van der Waals surface area (Å²) in [6, 6.07) is 15.3. The highest BCUT2D eigenvalue weighted by molar-refractivity contribution is 8.03. The van der Waals surface area contributed by atoms with Crippen molar-refractivity contribution in [3.8, 4) is 5.40 Å². The van der Waals surface area contributed by atoms with Gasteiger partial charge in [0, 0.05) is 16.7 Å². The maximum absolute atomic E-state index is 11.9. The minimum absolute atomic E-state index is 0.182. The van der Waals surface area contributed by atoms with Gasteiger partial charge in [0.05, 0.1) is 0 Å². The van der Waals surface area contributed by atoms with Crippen molar-refractivity contribution >= 4 is 29.4 Å². The van der Waals surface area contributed by atoms with E-state index in [0.717, 1.165) is 22.2 Å². The van der Waals surface area contributed by atoms with Crippen LogP contribution >= 0.6 is 11.8 Å². The molecule has 2 rings (SSSR count). The lowest BCUT2D eigenvalue weighted by Gasteiger charge is -2.05. The van der Waals surface area contributed by atoms with E-state index in [2.05, 4.69) is 31.3 Å². The van der Waals surface area contributed by atoms with Crippen molar-refractivity contribution < 1.29 is 4.79 Å². The zero-order chi connectivity index (χ0) is 16.7. The summed E-state index contributed by atoms with van der Waals surface area (Å²) in [5.41, 5.74) is 2.98. The second kappa shape index (κ2) is 8.21. The highest BCUT2D eigenvalue weighted by atomic mass is 32.2. The van der Waals surface area contributed by atoms with E-state index in [9.17, 15) is 4.79 Å². The molecule has 1 N–H and O–H groups in total. The van der Waals surface area contributed by atoms with E-state index < -0.39 is 0 Å². The molecule has 0 fully saturated rings. The number of thiocyanates is 1. The van der Waals surface area contributed by atoms with Gasteiger partial charge in [-0.25, -0.2) is 0 Å². The zero-order valence-corrected chi connectivity index (χ0v) is 13.9. The van der Waals surface area contributed by atoms with E-state index in [1.165, 1.54) is 11.6 Å². The minimum Gasteiger partial charge on any atom is -0.323 e. The van der Waals surface area contributed by atoms with Crippen LogP contribution in [-0.2, 0) is 4.79 Å². The van der Waals surface area contributed by atoms with Crippen molar-refractivity contribution in [2.45, 2.75) is 24.7 Å². The van der Waals surface area contributed by atoms with Crippen molar-refractivity contribution in [2.24, 2.45) is 0 Å². The summed E-state index contributed by atoms with van der Waals surface area (Å²) in [6.07, 6.45) is 3.31. The van der Waals surface area contributed by atoms with E-state index in [1.807, 2.05) is 17.5 Å². The molecule has 0 saturated heterocycles. The van der Waals surface area contributed by atoms with Gasteiger partial charge in [0.2, 0.25) is 5.91 Å². The lowest BCUT2D eigenvalue weighted by molar-refractivity contribution is -0.111. The maximum atomic E-state index is 11.9. The molecule has 116 valence electrons. The highest BCUT2D eigenvalue weighted by Gasteiger charge is 2.00. The molecule has 0 radical (unpaired) electrons. The quantitative estimate of drug-likeness (QED) is 0.477. The van der Waals surface area contributed by atoms with Gasteiger partial charge in [0.15, 0.2) is 0 Å². The molecule has 0 aliphatic heterocycles. The molecule has 0 aliphatic carbocycles. The second-order valence-electron chi connectivity index (χ2n) is 5.36. The lowest BCUT2D eigenvalue weighted by atomic mass is 10.0. The predicted molar refractivity (Wildman–Crippen MR) is 96.1 cm³/mol. The summed E-state index contributed by atoms with van der Waals surface area (Å²) in [5, 5.41) is 13.4. The standard InChI is InChI=1S/C19H18N2OS/c1-14(2)16-6-3-15(4-7-16)5-12-19(22)21-17-8-10-18(11-9-17)23-13-20/h3-12,14H,1-2H3,(H,21,22)/b12-5+. The average Bonchev–Trinajstić information content (AvgIpc) is 2.55. The van der Waals surface area contributed by atoms with Crippen LogP contribution in [0.15, 0.2) is 59.5 Å². The molecule has 0 unspecified atom stereocenters. The van der Waals surface area contributed by atoms with Crippen LogP contribution in [0.4, 0.5) is 5.69 Å². The molecular formula is C19H18N2OS. The Bertz CT molecular complexity index is 725. The molecule has 1 amide bonds. The number of rotatable bonds is 5. The van der Waals surface area contributed by atoms with Crippen LogP contribution in [0.5, 0.6) is 0 Å². The second-order valence-corrected chi connectivity index (χ2v) is 6.22. The van der Waals surface area contributed by atoms with Crippen LogP contribution in [0.25, 0.3) is 6.08 Å². The van der Waals surface area contributed by atoms with Crippen LogP contribution in [0.3, 0.4) is 0 Å². The van der Waals surface area contributed by atoms with E-state index in [-0.39, 0.29) is 5.91 Å². The number of carbonyl (C=O) groups is 1. The fraction of sp³-hybridized carbons (Fsp3) is 0.158. The summed E-state index contributed by atoms with van der Waals surface area (Å²) in [4.78, 5) is 12.8. The Morgan fingerprint density at radius 3 is 2.35 bits per heavy atom. The normalized spacial score (nSPS) is 10.7. The molecule has 2 aromatic rings. The van der Waals surface area contributed by atoms with Crippen LogP contribution in [-0.4, -0.2) is 5.91 Å². The number of anilines is 1. The third-order valence-corrected chi connectivity index (χ3v) is 3.91. The van der Waals surface area contributed by atoms with Gasteiger partial charge in [-0.3, -0.25) is 4.79 Å². The van der Waals surface area contributed by atoms with Gasteiger partial charge >= 0.3 is 0 Å². The Balaban J connectivity index is 1.94. The van der Waals surface area contributed by atoms with Crippen molar-refractivity contribution in [1.29, 1.82) is 5.26 Å². The summed E-state index contributed by atoms with van der Waals surface area (Å²) >= 11 is 1.09. The molecule has 0 spiro atoms. The van der Waals surface area contributed by atoms with Crippen LogP contribution < -0.4 is 5.32 Å². The molecule has 0 saturated carbocycles. The molecule has 0 aromatic heterocycles. The van der Waals surface area contributed by atoms with Gasteiger partial charge in [-0.1, -0.05) is 38.1 Å². The van der Waals surface area contributed by atoms with Gasteiger partial charge in [0.25, 0.3) is 0 Å². The van der Waals surface area contributed by atoms with E-state index in [0.29, 0.717) is 11.6 Å². The SMILES string of the molecule is CC(C)c1ccc(/C=C/C(=O)Nc2ccc(SC#N)cc2)cc1. The Hall–Kier alpha value is -2.51. The molecule has 0 bridgehead atoms.